The van der Waals surface area contributed by atoms with Gasteiger partial charge in [0, 0.05) is 23.8 Å². The van der Waals surface area contributed by atoms with Gasteiger partial charge in [-0.15, -0.1) is 0 Å². The Kier molecular flexibility index (Phi) is 7.57. The molecule has 8 nitrogen and oxygen atoms in total. The van der Waals surface area contributed by atoms with Crippen LogP contribution in [-0.4, -0.2) is 34.9 Å². The van der Waals surface area contributed by atoms with Crippen molar-refractivity contribution in [3.05, 3.63) is 64.9 Å². The third kappa shape index (κ3) is 6.95. The predicted octanol–water partition coefficient (Wildman–Crippen LogP) is 3.18. The first kappa shape index (κ1) is 20.2. The molecule has 9 heteroatoms. The number of nitrogens with zero attached hydrogens (tertiary/aromatic N) is 1. The van der Waals surface area contributed by atoms with Crippen molar-refractivity contribution in [2.24, 2.45) is 0 Å². The summed E-state index contributed by atoms with van der Waals surface area (Å²) in [5.74, 6) is -1.68. The number of ether oxygens (including phenoxy) is 2. The lowest BCUT2D eigenvalue weighted by Crippen LogP contribution is -2.30. The average Bonchev–Trinajstić information content (AvgIpc) is 2.66. The van der Waals surface area contributed by atoms with E-state index in [-0.39, 0.29) is 18.4 Å². The summed E-state index contributed by atoms with van der Waals surface area (Å²) in [6, 6.07) is 9.11. The Bertz CT molecular complexity index is 782. The molecule has 0 bridgehead atoms. The van der Waals surface area contributed by atoms with Gasteiger partial charge in [0.05, 0.1) is 11.6 Å². The summed E-state index contributed by atoms with van der Waals surface area (Å²) in [5, 5.41) is 11.9. The first-order valence-electron chi connectivity index (χ1n) is 7.93. The molecular weight excluding hydrogens is 376 g/mol. The van der Waals surface area contributed by atoms with E-state index in [1.807, 2.05) is 0 Å². The molecule has 1 heterocycles. The summed E-state index contributed by atoms with van der Waals surface area (Å²) in [7, 11) is 0. The van der Waals surface area contributed by atoms with E-state index >= 15 is 0 Å². The number of halogens is 1. The SMILES string of the molecule is O=C(O)CCC(NC(=O)OCOC(=O)c1cccnc1)c1ccc(Cl)cc1. The number of aliphatic carboxylic acids is 1. The average molecular weight is 393 g/mol. The number of carbonyl (C=O) groups excluding carboxylic acids is 2. The van der Waals surface area contributed by atoms with Crippen LogP contribution in [0.1, 0.15) is 34.8 Å². The van der Waals surface area contributed by atoms with Crippen molar-refractivity contribution < 1.29 is 29.0 Å². The number of benzene rings is 1. The minimum absolute atomic E-state index is 0.149. The maximum absolute atomic E-state index is 11.9. The van der Waals surface area contributed by atoms with E-state index < -0.39 is 30.9 Å². The molecular formula is C18H17ClN2O6. The fourth-order valence-corrected chi connectivity index (χ4v) is 2.30. The molecule has 0 aliphatic heterocycles. The number of rotatable bonds is 8. The van der Waals surface area contributed by atoms with Gasteiger partial charge in [0.25, 0.3) is 0 Å². The van der Waals surface area contributed by atoms with E-state index in [0.29, 0.717) is 10.6 Å². The normalized spacial score (nSPS) is 11.3. The zero-order chi connectivity index (χ0) is 19.6. The molecule has 0 fully saturated rings. The number of carboxylic acids is 1. The number of pyridine rings is 1. The van der Waals surface area contributed by atoms with E-state index in [9.17, 15) is 14.4 Å². The van der Waals surface area contributed by atoms with Crippen LogP contribution in [0.25, 0.3) is 0 Å². The molecule has 0 saturated carbocycles. The minimum Gasteiger partial charge on any atom is -0.481 e. The minimum atomic E-state index is -0.991. The highest BCUT2D eigenvalue weighted by atomic mass is 35.5. The first-order valence-corrected chi connectivity index (χ1v) is 8.31. The van der Waals surface area contributed by atoms with Crippen molar-refractivity contribution >= 4 is 29.6 Å². The van der Waals surface area contributed by atoms with Gasteiger partial charge >= 0.3 is 18.0 Å². The second-order valence-corrected chi connectivity index (χ2v) is 5.84. The van der Waals surface area contributed by atoms with Crippen molar-refractivity contribution in [2.75, 3.05) is 6.79 Å². The molecule has 1 unspecified atom stereocenters. The molecule has 1 amide bonds. The number of hydrogen-bond donors (Lipinski definition) is 2. The lowest BCUT2D eigenvalue weighted by molar-refractivity contribution is -0.137. The molecule has 0 saturated heterocycles. The largest absolute Gasteiger partial charge is 0.481 e. The highest BCUT2D eigenvalue weighted by Crippen LogP contribution is 2.21. The molecule has 0 radical (unpaired) electrons. The van der Waals surface area contributed by atoms with Gasteiger partial charge in [-0.2, -0.15) is 0 Å². The number of amides is 1. The van der Waals surface area contributed by atoms with Crippen LogP contribution in [0.5, 0.6) is 0 Å². The van der Waals surface area contributed by atoms with Gasteiger partial charge in [0.15, 0.2) is 0 Å². The van der Waals surface area contributed by atoms with Crippen molar-refractivity contribution in [2.45, 2.75) is 18.9 Å². The fourth-order valence-electron chi connectivity index (χ4n) is 2.17. The second-order valence-electron chi connectivity index (χ2n) is 5.40. The van der Waals surface area contributed by atoms with Crippen LogP contribution >= 0.6 is 11.6 Å². The van der Waals surface area contributed by atoms with Crippen LogP contribution in [0.2, 0.25) is 5.02 Å². The van der Waals surface area contributed by atoms with Crippen LogP contribution < -0.4 is 5.32 Å². The quantitative estimate of drug-likeness (QED) is 0.523. The molecule has 2 rings (SSSR count). The molecule has 1 atom stereocenters. The zero-order valence-corrected chi connectivity index (χ0v) is 14.9. The monoisotopic (exact) mass is 392 g/mol. The van der Waals surface area contributed by atoms with Gasteiger partial charge in [-0.1, -0.05) is 23.7 Å². The lowest BCUT2D eigenvalue weighted by atomic mass is 10.0. The van der Waals surface area contributed by atoms with Gasteiger partial charge in [0.2, 0.25) is 6.79 Å². The summed E-state index contributed by atoms with van der Waals surface area (Å²) in [5.41, 5.74) is 0.895. The molecule has 1 aromatic carbocycles. The molecule has 142 valence electrons. The molecule has 0 aliphatic rings. The Morgan fingerprint density at radius 3 is 2.52 bits per heavy atom. The van der Waals surface area contributed by atoms with Crippen molar-refractivity contribution in [3.63, 3.8) is 0 Å². The number of nitrogens with one attached hydrogen (secondary N) is 1. The second kappa shape index (κ2) is 10.1. The van der Waals surface area contributed by atoms with Gasteiger partial charge in [0.1, 0.15) is 0 Å². The van der Waals surface area contributed by atoms with Crippen LogP contribution in [0.3, 0.4) is 0 Å². The van der Waals surface area contributed by atoms with Crippen molar-refractivity contribution in [1.29, 1.82) is 0 Å². The van der Waals surface area contributed by atoms with Gasteiger partial charge in [-0.25, -0.2) is 9.59 Å². The van der Waals surface area contributed by atoms with Crippen molar-refractivity contribution in [1.82, 2.24) is 10.3 Å². The number of esters is 1. The molecule has 27 heavy (non-hydrogen) atoms. The predicted molar refractivity (Wildman–Crippen MR) is 95.2 cm³/mol. The Hall–Kier alpha value is -3.13. The number of hydrogen-bond acceptors (Lipinski definition) is 6. The van der Waals surface area contributed by atoms with Gasteiger partial charge < -0.3 is 19.9 Å². The Balaban J connectivity index is 1.88. The molecule has 1 aromatic heterocycles. The topological polar surface area (TPSA) is 115 Å². The maximum atomic E-state index is 11.9. The smallest absolute Gasteiger partial charge is 0.410 e. The number of aromatic nitrogens is 1. The Morgan fingerprint density at radius 1 is 1.15 bits per heavy atom. The van der Waals surface area contributed by atoms with Gasteiger partial charge in [-0.05, 0) is 36.2 Å². The van der Waals surface area contributed by atoms with Gasteiger partial charge in [-0.3, -0.25) is 9.78 Å². The Labute approximate surface area is 160 Å². The number of carboxylic acid groups (broad SMARTS) is 1. The fraction of sp³-hybridized carbons (Fsp3) is 0.222. The Morgan fingerprint density at radius 2 is 1.89 bits per heavy atom. The zero-order valence-electron chi connectivity index (χ0n) is 14.1. The summed E-state index contributed by atoms with van der Waals surface area (Å²) in [4.78, 5) is 38.3. The number of carbonyl (C=O) groups is 3. The van der Waals surface area contributed by atoms with Crippen molar-refractivity contribution in [3.8, 4) is 0 Å². The third-order valence-electron chi connectivity index (χ3n) is 3.49. The summed E-state index contributed by atoms with van der Waals surface area (Å²) < 4.78 is 9.66. The van der Waals surface area contributed by atoms with Crippen LogP contribution in [0.4, 0.5) is 4.79 Å². The van der Waals surface area contributed by atoms with E-state index in [4.69, 9.17) is 26.2 Å². The van der Waals surface area contributed by atoms with E-state index in [1.165, 1.54) is 18.5 Å². The maximum Gasteiger partial charge on any atom is 0.410 e. The van der Waals surface area contributed by atoms with Crippen LogP contribution in [-0.2, 0) is 14.3 Å². The highest BCUT2D eigenvalue weighted by molar-refractivity contribution is 6.30. The summed E-state index contributed by atoms with van der Waals surface area (Å²) in [6.07, 6.45) is 1.99. The van der Waals surface area contributed by atoms with E-state index in [2.05, 4.69) is 10.3 Å². The first-order chi connectivity index (χ1) is 13.0. The van der Waals surface area contributed by atoms with E-state index in [0.717, 1.165) is 0 Å². The number of alkyl carbamates (subject to hydrolysis) is 1. The third-order valence-corrected chi connectivity index (χ3v) is 3.74. The highest BCUT2D eigenvalue weighted by Gasteiger charge is 2.17. The van der Waals surface area contributed by atoms with Crippen LogP contribution in [0.15, 0.2) is 48.8 Å². The standard InChI is InChI=1S/C18H17ClN2O6/c19-14-5-3-12(4-6-14)15(7-8-16(22)23)21-18(25)27-11-26-17(24)13-2-1-9-20-10-13/h1-6,9-10,15H,7-8,11H2,(H,21,25)(H,22,23). The summed E-state index contributed by atoms with van der Waals surface area (Å²) in [6.45, 7) is -0.591. The summed E-state index contributed by atoms with van der Waals surface area (Å²) >= 11 is 5.84. The van der Waals surface area contributed by atoms with E-state index in [1.54, 1.807) is 30.3 Å². The molecule has 2 aromatic rings. The lowest BCUT2D eigenvalue weighted by Gasteiger charge is -2.18. The van der Waals surface area contributed by atoms with Crippen LogP contribution in [0, 0.1) is 0 Å². The molecule has 0 aliphatic carbocycles. The molecule has 2 N–H and O–H groups in total. The molecule has 0 spiro atoms.